The van der Waals surface area contributed by atoms with E-state index in [2.05, 4.69) is 25.4 Å². The molecule has 0 saturated heterocycles. The second-order valence-electron chi connectivity index (χ2n) is 3.00. The molecule has 0 unspecified atom stereocenters. The number of aliphatic imine (C=N–C) groups is 1. The third kappa shape index (κ3) is 7.66. The Balaban J connectivity index is 3.42. The van der Waals surface area contributed by atoms with Gasteiger partial charge in [0.05, 0.1) is 6.54 Å². The van der Waals surface area contributed by atoms with Gasteiger partial charge >= 0.3 is 0 Å². The summed E-state index contributed by atoms with van der Waals surface area (Å²) in [7, 11) is 0. The fourth-order valence-corrected chi connectivity index (χ4v) is 1.56. The van der Waals surface area contributed by atoms with E-state index in [1.54, 1.807) is 17.8 Å². The van der Waals surface area contributed by atoms with Gasteiger partial charge in [-0.05, 0) is 12.3 Å². The zero-order chi connectivity index (χ0) is 9.40. The molecule has 0 radical (unpaired) electrons. The summed E-state index contributed by atoms with van der Waals surface area (Å²) in [5, 5.41) is 0.676. The lowest BCUT2D eigenvalue weighted by Gasteiger charge is -2.02. The molecule has 0 atom stereocenters. The summed E-state index contributed by atoms with van der Waals surface area (Å²) >= 11 is 1.62. The van der Waals surface area contributed by atoms with Crippen LogP contribution in [-0.2, 0) is 0 Å². The van der Waals surface area contributed by atoms with E-state index < -0.39 is 0 Å². The molecule has 2 N–H and O–H groups in total. The van der Waals surface area contributed by atoms with Crippen LogP contribution in [0.3, 0.4) is 0 Å². The van der Waals surface area contributed by atoms with Crippen molar-refractivity contribution in [2.75, 3.05) is 12.3 Å². The molecule has 2 nitrogen and oxygen atoms in total. The summed E-state index contributed by atoms with van der Waals surface area (Å²) in [4.78, 5) is 4.08. The van der Waals surface area contributed by atoms with Crippen molar-refractivity contribution in [2.24, 2.45) is 16.6 Å². The second-order valence-corrected chi connectivity index (χ2v) is 4.11. The summed E-state index contributed by atoms with van der Waals surface area (Å²) in [5.74, 6) is 1.80. The maximum absolute atomic E-state index is 5.61. The van der Waals surface area contributed by atoms with Crippen molar-refractivity contribution in [3.05, 3.63) is 12.7 Å². The van der Waals surface area contributed by atoms with E-state index in [9.17, 15) is 0 Å². The Kier molecular flexibility index (Phi) is 6.96. The molecule has 0 aromatic carbocycles. The minimum absolute atomic E-state index is 0.626. The summed E-state index contributed by atoms with van der Waals surface area (Å²) in [6.45, 7) is 8.61. The Hall–Kier alpha value is -0.440. The van der Waals surface area contributed by atoms with E-state index >= 15 is 0 Å². The SMILES string of the molecule is C=CCN=C(N)SCCC(C)C. The Bertz CT molecular complexity index is 153. The van der Waals surface area contributed by atoms with Gasteiger partial charge in [-0.2, -0.15) is 0 Å². The predicted octanol–water partition coefficient (Wildman–Crippen LogP) is 2.27. The molecule has 0 aromatic heterocycles. The first-order chi connectivity index (χ1) is 5.66. The van der Waals surface area contributed by atoms with E-state index in [0.29, 0.717) is 11.7 Å². The highest BCUT2D eigenvalue weighted by atomic mass is 32.2. The lowest BCUT2D eigenvalue weighted by Crippen LogP contribution is -2.08. The van der Waals surface area contributed by atoms with Crippen molar-refractivity contribution in [3.63, 3.8) is 0 Å². The van der Waals surface area contributed by atoms with Crippen LogP contribution in [-0.4, -0.2) is 17.5 Å². The molecular weight excluding hydrogens is 168 g/mol. The Labute approximate surface area is 79.3 Å². The van der Waals surface area contributed by atoms with E-state index in [1.165, 1.54) is 6.42 Å². The van der Waals surface area contributed by atoms with Gasteiger partial charge in [0.15, 0.2) is 5.17 Å². The zero-order valence-electron chi connectivity index (χ0n) is 7.92. The Morgan fingerprint density at radius 3 is 2.83 bits per heavy atom. The van der Waals surface area contributed by atoms with Gasteiger partial charge < -0.3 is 5.73 Å². The van der Waals surface area contributed by atoms with E-state index in [4.69, 9.17) is 5.73 Å². The minimum Gasteiger partial charge on any atom is -0.379 e. The molecule has 0 spiro atoms. The zero-order valence-corrected chi connectivity index (χ0v) is 8.73. The van der Waals surface area contributed by atoms with Crippen molar-refractivity contribution in [1.82, 2.24) is 0 Å². The van der Waals surface area contributed by atoms with Crippen molar-refractivity contribution in [1.29, 1.82) is 0 Å². The molecule has 3 heteroatoms. The van der Waals surface area contributed by atoms with Crippen LogP contribution in [0.1, 0.15) is 20.3 Å². The average Bonchev–Trinajstić information content (AvgIpc) is 2.00. The number of nitrogens with zero attached hydrogens (tertiary/aromatic N) is 1. The molecule has 0 aliphatic carbocycles. The quantitative estimate of drug-likeness (QED) is 0.406. The van der Waals surface area contributed by atoms with Gasteiger partial charge in [0.1, 0.15) is 0 Å². The topological polar surface area (TPSA) is 38.4 Å². The first-order valence-corrected chi connectivity index (χ1v) is 5.19. The van der Waals surface area contributed by atoms with Crippen molar-refractivity contribution >= 4 is 16.9 Å². The summed E-state index contributed by atoms with van der Waals surface area (Å²) in [5.41, 5.74) is 5.61. The van der Waals surface area contributed by atoms with Crippen LogP contribution in [0.15, 0.2) is 17.6 Å². The monoisotopic (exact) mass is 186 g/mol. The van der Waals surface area contributed by atoms with Gasteiger partial charge in [-0.1, -0.05) is 31.7 Å². The number of nitrogens with two attached hydrogens (primary N) is 1. The van der Waals surface area contributed by atoms with Crippen LogP contribution in [0, 0.1) is 5.92 Å². The summed E-state index contributed by atoms with van der Waals surface area (Å²) < 4.78 is 0. The number of rotatable bonds is 5. The van der Waals surface area contributed by atoms with E-state index in [1.807, 2.05) is 0 Å². The van der Waals surface area contributed by atoms with Crippen LogP contribution in [0.5, 0.6) is 0 Å². The largest absolute Gasteiger partial charge is 0.379 e. The molecular formula is C9H18N2S. The first kappa shape index (κ1) is 11.6. The molecule has 0 aliphatic heterocycles. The maximum Gasteiger partial charge on any atom is 0.154 e. The van der Waals surface area contributed by atoms with Crippen LogP contribution < -0.4 is 5.73 Å². The number of thioether (sulfide) groups is 1. The number of hydrogen-bond acceptors (Lipinski definition) is 2. The third-order valence-corrected chi connectivity index (χ3v) is 2.19. The first-order valence-electron chi connectivity index (χ1n) is 4.20. The molecule has 0 fully saturated rings. The molecule has 0 heterocycles. The molecule has 0 saturated carbocycles. The normalized spacial score (nSPS) is 12.1. The van der Waals surface area contributed by atoms with Crippen LogP contribution in [0.2, 0.25) is 0 Å². The molecule has 0 aliphatic rings. The molecule has 0 bridgehead atoms. The maximum atomic E-state index is 5.61. The highest BCUT2D eigenvalue weighted by Crippen LogP contribution is 2.08. The number of amidine groups is 1. The highest BCUT2D eigenvalue weighted by molar-refractivity contribution is 8.13. The predicted molar refractivity (Wildman–Crippen MR) is 58.6 cm³/mol. The van der Waals surface area contributed by atoms with Gasteiger partial charge in [-0.3, -0.25) is 4.99 Å². The number of hydrogen-bond donors (Lipinski definition) is 1. The van der Waals surface area contributed by atoms with Gasteiger partial charge in [-0.15, -0.1) is 6.58 Å². The molecule has 0 amide bonds. The molecule has 12 heavy (non-hydrogen) atoms. The summed E-state index contributed by atoms with van der Waals surface area (Å²) in [6.07, 6.45) is 2.94. The minimum atomic E-state index is 0.626. The average molecular weight is 186 g/mol. The Morgan fingerprint density at radius 1 is 1.67 bits per heavy atom. The van der Waals surface area contributed by atoms with E-state index in [0.717, 1.165) is 11.7 Å². The standard InChI is InChI=1S/C9H18N2S/c1-4-6-11-9(10)12-7-5-8(2)3/h4,8H,1,5-7H2,2-3H3,(H2,10,11). The van der Waals surface area contributed by atoms with E-state index in [-0.39, 0.29) is 0 Å². The van der Waals surface area contributed by atoms with Crippen molar-refractivity contribution < 1.29 is 0 Å². The Morgan fingerprint density at radius 2 is 2.33 bits per heavy atom. The molecule has 0 rings (SSSR count). The lowest BCUT2D eigenvalue weighted by atomic mass is 10.2. The fraction of sp³-hybridized carbons (Fsp3) is 0.667. The van der Waals surface area contributed by atoms with Gasteiger partial charge in [0, 0.05) is 5.75 Å². The second kappa shape index (κ2) is 7.22. The van der Waals surface area contributed by atoms with Crippen LogP contribution >= 0.6 is 11.8 Å². The molecule has 70 valence electrons. The summed E-state index contributed by atoms with van der Waals surface area (Å²) in [6, 6.07) is 0. The highest BCUT2D eigenvalue weighted by Gasteiger charge is 1.96. The van der Waals surface area contributed by atoms with Crippen molar-refractivity contribution in [3.8, 4) is 0 Å². The molecule has 0 aromatic rings. The van der Waals surface area contributed by atoms with Crippen molar-refractivity contribution in [2.45, 2.75) is 20.3 Å². The lowest BCUT2D eigenvalue weighted by molar-refractivity contribution is 0.632. The van der Waals surface area contributed by atoms with Gasteiger partial charge in [0.25, 0.3) is 0 Å². The van der Waals surface area contributed by atoms with Crippen LogP contribution in [0.4, 0.5) is 0 Å². The van der Waals surface area contributed by atoms with Gasteiger partial charge in [-0.25, -0.2) is 0 Å². The van der Waals surface area contributed by atoms with Crippen LogP contribution in [0.25, 0.3) is 0 Å². The smallest absolute Gasteiger partial charge is 0.154 e. The van der Waals surface area contributed by atoms with Gasteiger partial charge in [0.2, 0.25) is 0 Å². The third-order valence-electron chi connectivity index (χ3n) is 1.32. The fourth-order valence-electron chi connectivity index (χ4n) is 0.599.